The predicted octanol–water partition coefficient (Wildman–Crippen LogP) is -0.380. The Labute approximate surface area is 146 Å². The molecule has 3 N–H and O–H groups in total. The van der Waals surface area contributed by atoms with Gasteiger partial charge in [0.2, 0.25) is 5.91 Å². The number of imide groups is 1. The number of hydrogen-bond donors (Lipinski definition) is 3. The maximum atomic E-state index is 12.4. The van der Waals surface area contributed by atoms with E-state index >= 15 is 0 Å². The van der Waals surface area contributed by atoms with E-state index in [9.17, 15) is 14.4 Å². The molecule has 3 saturated heterocycles. The minimum atomic E-state index is -0.559. The van der Waals surface area contributed by atoms with Gasteiger partial charge in [-0.15, -0.1) is 0 Å². The number of carbonyl (C=O) groups excluding carboxylic acids is 3. The molecule has 3 aliphatic heterocycles. The van der Waals surface area contributed by atoms with Crippen molar-refractivity contribution in [2.45, 2.75) is 38.1 Å². The molecule has 1 spiro atoms. The standard InChI is InChI=1S/C15H24N4O3.CH2O2/c1-18-7-4-15(5-8-18)6-9-19(10-15)12(20)3-2-11-13(21)17-14(22)16-11;2-1-3/h11H,2-10H2,1H3,(H2,16,17,21,22);1H,(H,2,3)/t11-;/m0./s1. The summed E-state index contributed by atoms with van der Waals surface area (Å²) in [5.41, 5.74) is 0.307. The van der Waals surface area contributed by atoms with Crippen LogP contribution >= 0.6 is 0 Å². The third kappa shape index (κ3) is 4.91. The molecule has 4 amide bonds. The number of urea groups is 1. The Morgan fingerprint density at radius 1 is 1.28 bits per heavy atom. The zero-order valence-electron chi connectivity index (χ0n) is 14.5. The molecule has 9 nitrogen and oxygen atoms in total. The number of piperidine rings is 1. The zero-order valence-corrected chi connectivity index (χ0v) is 14.5. The molecule has 0 saturated carbocycles. The van der Waals surface area contributed by atoms with Gasteiger partial charge in [0.15, 0.2) is 0 Å². The minimum Gasteiger partial charge on any atom is -0.483 e. The normalized spacial score (nSPS) is 25.2. The molecule has 0 aliphatic carbocycles. The summed E-state index contributed by atoms with van der Waals surface area (Å²) in [6.07, 6.45) is 4.10. The van der Waals surface area contributed by atoms with E-state index in [4.69, 9.17) is 9.90 Å². The smallest absolute Gasteiger partial charge is 0.322 e. The van der Waals surface area contributed by atoms with Crippen LogP contribution < -0.4 is 10.6 Å². The van der Waals surface area contributed by atoms with Gasteiger partial charge < -0.3 is 20.2 Å². The Bertz CT molecular complexity index is 531. The Balaban J connectivity index is 0.000000701. The highest BCUT2D eigenvalue weighted by atomic mass is 16.3. The lowest BCUT2D eigenvalue weighted by atomic mass is 9.78. The minimum absolute atomic E-state index is 0.102. The van der Waals surface area contributed by atoms with Gasteiger partial charge in [-0.1, -0.05) is 0 Å². The summed E-state index contributed by atoms with van der Waals surface area (Å²) in [6, 6.07) is -1.02. The van der Waals surface area contributed by atoms with Crippen LogP contribution in [0.1, 0.15) is 32.1 Å². The van der Waals surface area contributed by atoms with Crippen LogP contribution in [-0.2, 0) is 14.4 Å². The van der Waals surface area contributed by atoms with Crippen LogP contribution in [0.15, 0.2) is 0 Å². The fourth-order valence-electron chi connectivity index (χ4n) is 3.74. The number of amides is 4. The van der Waals surface area contributed by atoms with Gasteiger partial charge in [0, 0.05) is 19.5 Å². The third-order valence-electron chi connectivity index (χ3n) is 5.34. The highest BCUT2D eigenvalue weighted by molar-refractivity contribution is 6.04. The molecule has 0 bridgehead atoms. The Morgan fingerprint density at radius 3 is 2.44 bits per heavy atom. The molecule has 3 heterocycles. The van der Waals surface area contributed by atoms with Gasteiger partial charge in [0.1, 0.15) is 6.04 Å². The molecule has 1 atom stereocenters. The van der Waals surface area contributed by atoms with Crippen LogP contribution in [0.2, 0.25) is 0 Å². The van der Waals surface area contributed by atoms with E-state index in [1.165, 1.54) is 0 Å². The molecule has 0 aromatic heterocycles. The predicted molar refractivity (Wildman–Crippen MR) is 88.8 cm³/mol. The van der Waals surface area contributed by atoms with Crippen LogP contribution in [0.25, 0.3) is 0 Å². The average Bonchev–Trinajstić information content (AvgIpc) is 3.13. The van der Waals surface area contributed by atoms with Gasteiger partial charge in [0.25, 0.3) is 12.4 Å². The highest BCUT2D eigenvalue weighted by Crippen LogP contribution is 2.40. The van der Waals surface area contributed by atoms with Gasteiger partial charge in [-0.3, -0.25) is 19.7 Å². The molecular formula is C16H26N4O5. The first-order chi connectivity index (χ1) is 11.9. The van der Waals surface area contributed by atoms with E-state index < -0.39 is 12.1 Å². The van der Waals surface area contributed by atoms with E-state index in [-0.39, 0.29) is 18.3 Å². The summed E-state index contributed by atoms with van der Waals surface area (Å²) in [7, 11) is 2.14. The molecular weight excluding hydrogens is 328 g/mol. The highest BCUT2D eigenvalue weighted by Gasteiger charge is 2.41. The summed E-state index contributed by atoms with van der Waals surface area (Å²) in [5.74, 6) is -0.226. The number of hydrogen-bond acceptors (Lipinski definition) is 5. The van der Waals surface area contributed by atoms with Gasteiger partial charge in [0.05, 0.1) is 0 Å². The second-order valence-corrected chi connectivity index (χ2v) is 7.03. The third-order valence-corrected chi connectivity index (χ3v) is 5.34. The fourth-order valence-corrected chi connectivity index (χ4v) is 3.74. The van der Waals surface area contributed by atoms with Crippen molar-refractivity contribution in [1.82, 2.24) is 20.4 Å². The first kappa shape index (κ1) is 19.2. The maximum Gasteiger partial charge on any atom is 0.322 e. The van der Waals surface area contributed by atoms with Gasteiger partial charge in [-0.2, -0.15) is 0 Å². The van der Waals surface area contributed by atoms with Crippen LogP contribution in [-0.4, -0.2) is 78.5 Å². The Morgan fingerprint density at radius 2 is 1.88 bits per heavy atom. The molecule has 0 unspecified atom stereocenters. The van der Waals surface area contributed by atoms with Crippen LogP contribution in [0.4, 0.5) is 4.79 Å². The van der Waals surface area contributed by atoms with Crippen molar-refractivity contribution >= 4 is 24.3 Å². The summed E-state index contributed by atoms with van der Waals surface area (Å²) >= 11 is 0. The summed E-state index contributed by atoms with van der Waals surface area (Å²) in [6.45, 7) is 3.64. The molecule has 3 rings (SSSR count). The Kier molecular flexibility index (Phi) is 6.35. The van der Waals surface area contributed by atoms with E-state index in [2.05, 4.69) is 22.6 Å². The molecule has 3 fully saturated rings. The van der Waals surface area contributed by atoms with Crippen LogP contribution in [0.3, 0.4) is 0 Å². The molecule has 140 valence electrons. The van der Waals surface area contributed by atoms with E-state index in [0.29, 0.717) is 18.3 Å². The van der Waals surface area contributed by atoms with Crippen molar-refractivity contribution in [3.63, 3.8) is 0 Å². The molecule has 0 aromatic rings. The first-order valence-electron chi connectivity index (χ1n) is 8.55. The van der Waals surface area contributed by atoms with Crippen molar-refractivity contribution in [1.29, 1.82) is 0 Å². The molecule has 0 radical (unpaired) electrons. The summed E-state index contributed by atoms with van der Waals surface area (Å²) < 4.78 is 0. The monoisotopic (exact) mass is 354 g/mol. The number of carboxylic acid groups (broad SMARTS) is 1. The largest absolute Gasteiger partial charge is 0.483 e. The fraction of sp³-hybridized carbons (Fsp3) is 0.750. The van der Waals surface area contributed by atoms with Crippen LogP contribution in [0, 0.1) is 5.41 Å². The quantitative estimate of drug-likeness (QED) is 0.469. The lowest BCUT2D eigenvalue weighted by molar-refractivity contribution is -0.131. The lowest BCUT2D eigenvalue weighted by Gasteiger charge is -2.37. The molecule has 0 aromatic carbocycles. The molecule has 3 aliphatic rings. The maximum absolute atomic E-state index is 12.4. The van der Waals surface area contributed by atoms with E-state index in [0.717, 1.165) is 45.4 Å². The zero-order chi connectivity index (χ0) is 18.4. The Hall–Kier alpha value is -2.16. The number of likely N-dealkylation sites (tertiary alicyclic amines) is 2. The van der Waals surface area contributed by atoms with E-state index in [1.807, 2.05) is 4.90 Å². The van der Waals surface area contributed by atoms with Crippen molar-refractivity contribution in [3.05, 3.63) is 0 Å². The van der Waals surface area contributed by atoms with E-state index in [1.54, 1.807) is 0 Å². The summed E-state index contributed by atoms with van der Waals surface area (Å²) in [5, 5.41) is 11.6. The SMILES string of the molecule is CN1CCC2(CC1)CCN(C(=O)CC[C@@H]1NC(=O)NC1=O)C2.O=CO. The number of carbonyl (C=O) groups is 4. The van der Waals surface area contributed by atoms with Crippen LogP contribution in [0.5, 0.6) is 0 Å². The number of rotatable bonds is 3. The summed E-state index contributed by atoms with van der Waals surface area (Å²) in [4.78, 5) is 47.5. The number of nitrogens with one attached hydrogen (secondary N) is 2. The average molecular weight is 354 g/mol. The second kappa shape index (κ2) is 8.28. The number of nitrogens with zero attached hydrogens (tertiary/aromatic N) is 2. The van der Waals surface area contributed by atoms with Crippen molar-refractivity contribution in [2.24, 2.45) is 5.41 Å². The van der Waals surface area contributed by atoms with Gasteiger partial charge in [-0.25, -0.2) is 4.79 Å². The second-order valence-electron chi connectivity index (χ2n) is 7.03. The molecule has 9 heteroatoms. The topological polar surface area (TPSA) is 119 Å². The van der Waals surface area contributed by atoms with Gasteiger partial charge in [-0.05, 0) is 51.2 Å². The van der Waals surface area contributed by atoms with Gasteiger partial charge >= 0.3 is 6.03 Å². The van der Waals surface area contributed by atoms with Crippen molar-refractivity contribution in [3.8, 4) is 0 Å². The lowest BCUT2D eigenvalue weighted by Crippen LogP contribution is -2.40. The van der Waals surface area contributed by atoms with Crippen molar-refractivity contribution in [2.75, 3.05) is 33.2 Å². The first-order valence-corrected chi connectivity index (χ1v) is 8.55. The van der Waals surface area contributed by atoms with Crippen molar-refractivity contribution < 1.29 is 24.3 Å². The molecule has 25 heavy (non-hydrogen) atoms.